The van der Waals surface area contributed by atoms with Crippen molar-refractivity contribution < 1.29 is 19.5 Å². The highest BCUT2D eigenvalue weighted by Gasteiger charge is 2.51. The van der Waals surface area contributed by atoms with Gasteiger partial charge in [0, 0.05) is 36.6 Å². The van der Waals surface area contributed by atoms with Crippen molar-refractivity contribution >= 4 is 41.0 Å². The van der Waals surface area contributed by atoms with Gasteiger partial charge >= 0.3 is 6.03 Å². The normalized spacial score (nSPS) is 19.1. The summed E-state index contributed by atoms with van der Waals surface area (Å²) < 4.78 is 0. The number of carbonyl (C=O) groups is 3. The number of phenolic OH excluding ortho intramolecular Hbond substituents is 1. The van der Waals surface area contributed by atoms with Gasteiger partial charge < -0.3 is 20.2 Å². The van der Waals surface area contributed by atoms with Crippen LogP contribution >= 0.6 is 23.2 Å². The van der Waals surface area contributed by atoms with E-state index in [-0.39, 0.29) is 49.7 Å². The lowest BCUT2D eigenvalue weighted by Gasteiger charge is -2.45. The van der Waals surface area contributed by atoms with Crippen LogP contribution in [-0.2, 0) is 29.1 Å². The molecule has 0 aromatic heterocycles. The quantitative estimate of drug-likeness (QED) is 0.441. The Kier molecular flexibility index (Phi) is 8.16. The van der Waals surface area contributed by atoms with Crippen molar-refractivity contribution in [1.29, 1.82) is 0 Å². The molecular weight excluding hydrogens is 553 g/mol. The molecule has 2 fully saturated rings. The van der Waals surface area contributed by atoms with Crippen molar-refractivity contribution in [2.45, 2.75) is 31.7 Å². The molecule has 11 heteroatoms. The SMILES string of the molecule is CN(C(=O)NCc1ccccc1)N1CC(=O)N2[C@@H](Cc3ccc(O)cc3)C(=O)N(Cc3ccc(Cl)cc3Cl)C[C@@H]21. The molecule has 3 aromatic rings. The molecule has 2 atom stereocenters. The van der Waals surface area contributed by atoms with Crippen molar-refractivity contribution in [3.8, 4) is 5.75 Å². The molecule has 2 N–H and O–H groups in total. The van der Waals surface area contributed by atoms with E-state index in [1.807, 2.05) is 30.3 Å². The maximum Gasteiger partial charge on any atom is 0.332 e. The van der Waals surface area contributed by atoms with Crippen molar-refractivity contribution in [1.82, 2.24) is 25.1 Å². The number of fused-ring (bicyclic) bond motifs is 1. The number of amides is 4. The number of halogens is 2. The van der Waals surface area contributed by atoms with E-state index in [2.05, 4.69) is 5.32 Å². The number of piperazine rings is 1. The highest BCUT2D eigenvalue weighted by Crippen LogP contribution is 2.31. The van der Waals surface area contributed by atoms with Crippen LogP contribution in [0.3, 0.4) is 0 Å². The third kappa shape index (κ3) is 5.86. The molecule has 3 aromatic carbocycles. The topological polar surface area (TPSA) is 96.4 Å². The predicted octanol–water partition coefficient (Wildman–Crippen LogP) is 3.88. The van der Waals surface area contributed by atoms with Gasteiger partial charge in [0.2, 0.25) is 11.8 Å². The fraction of sp³-hybridized carbons (Fsp3) is 0.276. The van der Waals surface area contributed by atoms with Crippen molar-refractivity contribution in [2.24, 2.45) is 0 Å². The number of hydrazine groups is 1. The molecule has 0 spiro atoms. The number of aromatic hydroxyl groups is 1. The summed E-state index contributed by atoms with van der Waals surface area (Å²) in [5.74, 6) is -0.349. The van der Waals surface area contributed by atoms with E-state index < -0.39 is 12.2 Å². The lowest BCUT2D eigenvalue weighted by atomic mass is 10.00. The van der Waals surface area contributed by atoms with Crippen molar-refractivity contribution in [3.63, 3.8) is 0 Å². The smallest absolute Gasteiger partial charge is 0.332 e. The molecule has 2 heterocycles. The van der Waals surface area contributed by atoms with Crippen LogP contribution in [0.15, 0.2) is 72.8 Å². The first kappa shape index (κ1) is 27.8. The van der Waals surface area contributed by atoms with Crippen LogP contribution in [0, 0.1) is 0 Å². The first-order valence-corrected chi connectivity index (χ1v) is 13.6. The second kappa shape index (κ2) is 11.8. The molecule has 0 unspecified atom stereocenters. The molecule has 9 nitrogen and oxygen atoms in total. The molecule has 2 aliphatic heterocycles. The molecule has 0 aliphatic carbocycles. The number of carbonyl (C=O) groups excluding carboxylic acids is 3. The number of nitrogens with zero attached hydrogens (tertiary/aromatic N) is 4. The van der Waals surface area contributed by atoms with Gasteiger partial charge in [-0.1, -0.05) is 71.7 Å². The van der Waals surface area contributed by atoms with Gasteiger partial charge in [0.05, 0.1) is 13.1 Å². The standard InChI is InChI=1S/C29H29Cl2N5O4/c1-33(29(40)32-15-20-5-3-2-4-6-20)35-18-27(38)36-25(13-19-7-11-23(37)12-8-19)28(39)34(17-26(35)36)16-21-9-10-22(30)14-24(21)31/h2-12,14,25-26,37H,13,15-18H2,1H3,(H,32,40)/t25-,26+/m0/s1. The lowest BCUT2D eigenvalue weighted by molar-refractivity contribution is -0.157. The summed E-state index contributed by atoms with van der Waals surface area (Å²) in [6.07, 6.45) is -0.310. The van der Waals surface area contributed by atoms with Crippen LogP contribution in [0.1, 0.15) is 16.7 Å². The summed E-state index contributed by atoms with van der Waals surface area (Å²) in [5, 5.41) is 16.6. The number of phenols is 1. The summed E-state index contributed by atoms with van der Waals surface area (Å²) in [4.78, 5) is 43.6. The van der Waals surface area contributed by atoms with E-state index in [4.69, 9.17) is 23.2 Å². The molecule has 5 rings (SSSR count). The summed E-state index contributed by atoms with van der Waals surface area (Å²) in [5.41, 5.74) is 2.47. The van der Waals surface area contributed by atoms with E-state index in [1.54, 1.807) is 64.3 Å². The Bertz CT molecular complexity index is 1410. The maximum absolute atomic E-state index is 13.8. The van der Waals surface area contributed by atoms with Gasteiger partial charge in [0.25, 0.3) is 0 Å². The maximum atomic E-state index is 13.8. The molecule has 0 saturated carbocycles. The average Bonchev–Trinajstić information content (AvgIpc) is 3.27. The Labute approximate surface area is 242 Å². The van der Waals surface area contributed by atoms with Crippen molar-refractivity contribution in [3.05, 3.63) is 99.5 Å². The van der Waals surface area contributed by atoms with Gasteiger partial charge in [-0.3, -0.25) is 14.6 Å². The van der Waals surface area contributed by atoms with E-state index in [0.29, 0.717) is 16.6 Å². The van der Waals surface area contributed by atoms with Crippen LogP contribution in [0.2, 0.25) is 10.0 Å². The van der Waals surface area contributed by atoms with E-state index in [1.165, 1.54) is 5.01 Å². The van der Waals surface area contributed by atoms with Gasteiger partial charge in [-0.25, -0.2) is 4.79 Å². The Morgan fingerprint density at radius 1 is 1.02 bits per heavy atom. The number of hydrogen-bond acceptors (Lipinski definition) is 5. The monoisotopic (exact) mass is 581 g/mol. The zero-order chi connectivity index (χ0) is 28.4. The first-order valence-electron chi connectivity index (χ1n) is 12.8. The third-order valence-corrected chi connectivity index (χ3v) is 7.86. The molecule has 0 radical (unpaired) electrons. The number of nitrogens with one attached hydrogen (secondary N) is 1. The third-order valence-electron chi connectivity index (χ3n) is 7.27. The van der Waals surface area contributed by atoms with E-state index in [0.717, 1.165) is 16.7 Å². The fourth-order valence-electron chi connectivity index (χ4n) is 5.17. The van der Waals surface area contributed by atoms with Gasteiger partial charge in [-0.15, -0.1) is 0 Å². The minimum absolute atomic E-state index is 0.0468. The lowest BCUT2D eigenvalue weighted by Crippen LogP contribution is -2.65. The molecule has 2 aliphatic rings. The summed E-state index contributed by atoms with van der Waals surface area (Å²) in [7, 11) is 1.61. The summed E-state index contributed by atoms with van der Waals surface area (Å²) in [6.45, 7) is 0.696. The highest BCUT2D eigenvalue weighted by atomic mass is 35.5. The average molecular weight is 582 g/mol. The van der Waals surface area contributed by atoms with E-state index >= 15 is 0 Å². The molecule has 0 bridgehead atoms. The van der Waals surface area contributed by atoms with Crippen LogP contribution < -0.4 is 5.32 Å². The zero-order valence-corrected chi connectivity index (χ0v) is 23.3. The van der Waals surface area contributed by atoms with Gasteiger partial charge in [0.1, 0.15) is 18.0 Å². The Morgan fingerprint density at radius 3 is 2.45 bits per heavy atom. The van der Waals surface area contributed by atoms with Gasteiger partial charge in [-0.2, -0.15) is 5.01 Å². The van der Waals surface area contributed by atoms with Gasteiger partial charge in [0.15, 0.2) is 0 Å². The second-order valence-corrected chi connectivity index (χ2v) is 10.7. The minimum atomic E-state index is -0.798. The van der Waals surface area contributed by atoms with Gasteiger partial charge in [-0.05, 0) is 41.0 Å². The number of urea groups is 1. The van der Waals surface area contributed by atoms with Crippen LogP contribution in [-0.4, -0.2) is 75.1 Å². The Balaban J connectivity index is 1.40. The predicted molar refractivity (Wildman–Crippen MR) is 151 cm³/mol. The second-order valence-electron chi connectivity index (χ2n) is 9.89. The molecular formula is C29H29Cl2N5O4. The van der Waals surface area contributed by atoms with Crippen LogP contribution in [0.25, 0.3) is 0 Å². The number of benzene rings is 3. The molecule has 208 valence electrons. The highest BCUT2D eigenvalue weighted by molar-refractivity contribution is 6.35. The zero-order valence-electron chi connectivity index (χ0n) is 21.8. The molecule has 4 amide bonds. The molecule has 2 saturated heterocycles. The number of hydrogen-bond donors (Lipinski definition) is 2. The molecule has 40 heavy (non-hydrogen) atoms. The number of rotatable bonds is 7. The fourth-order valence-corrected chi connectivity index (χ4v) is 5.63. The minimum Gasteiger partial charge on any atom is -0.508 e. The van der Waals surface area contributed by atoms with Crippen LogP contribution in [0.4, 0.5) is 4.79 Å². The van der Waals surface area contributed by atoms with E-state index in [9.17, 15) is 19.5 Å². The Morgan fingerprint density at radius 2 is 1.75 bits per heavy atom. The largest absolute Gasteiger partial charge is 0.508 e. The van der Waals surface area contributed by atoms with Crippen LogP contribution in [0.5, 0.6) is 5.75 Å². The summed E-state index contributed by atoms with van der Waals surface area (Å²) in [6, 6.07) is 20.1. The Hall–Kier alpha value is -3.79. The summed E-state index contributed by atoms with van der Waals surface area (Å²) >= 11 is 12.5. The van der Waals surface area contributed by atoms with Crippen molar-refractivity contribution in [2.75, 3.05) is 20.1 Å². The first-order chi connectivity index (χ1) is 19.2.